The van der Waals surface area contributed by atoms with Crippen molar-refractivity contribution in [2.75, 3.05) is 0 Å². The van der Waals surface area contributed by atoms with Gasteiger partial charge >= 0.3 is 11.9 Å². The van der Waals surface area contributed by atoms with E-state index in [0.29, 0.717) is 17.3 Å². The van der Waals surface area contributed by atoms with Gasteiger partial charge in [0, 0.05) is 5.33 Å². The quantitative estimate of drug-likeness (QED) is 0.743. The molecule has 0 atom stereocenters. The highest BCUT2D eigenvalue weighted by Crippen LogP contribution is 2.24. The van der Waals surface area contributed by atoms with Crippen molar-refractivity contribution in [1.82, 2.24) is 0 Å². The Labute approximate surface area is 142 Å². The first-order valence-electron chi connectivity index (χ1n) is 7.23. The SMILES string of the molecule is CCc1cccc(Cc2ccc(C(=O)O)cc2C(=O)O)c1CBr. The largest absolute Gasteiger partial charge is 0.478 e. The summed E-state index contributed by atoms with van der Waals surface area (Å²) in [5, 5.41) is 19.1. The lowest BCUT2D eigenvalue weighted by atomic mass is 9.93. The molecule has 0 aliphatic carbocycles. The van der Waals surface area contributed by atoms with Crippen molar-refractivity contribution in [3.05, 3.63) is 69.8 Å². The fourth-order valence-corrected chi connectivity index (χ4v) is 3.34. The highest BCUT2D eigenvalue weighted by atomic mass is 79.9. The highest BCUT2D eigenvalue weighted by Gasteiger charge is 2.16. The Morgan fingerprint density at radius 2 is 1.70 bits per heavy atom. The van der Waals surface area contributed by atoms with Crippen LogP contribution in [-0.4, -0.2) is 22.2 Å². The molecule has 0 spiro atoms. The van der Waals surface area contributed by atoms with Gasteiger partial charge in [0.2, 0.25) is 0 Å². The molecule has 0 unspecified atom stereocenters. The number of hydrogen-bond acceptors (Lipinski definition) is 2. The van der Waals surface area contributed by atoms with Crippen molar-refractivity contribution in [1.29, 1.82) is 0 Å². The molecule has 2 rings (SSSR count). The van der Waals surface area contributed by atoms with E-state index in [1.807, 2.05) is 12.1 Å². The monoisotopic (exact) mass is 376 g/mol. The normalized spacial score (nSPS) is 10.5. The van der Waals surface area contributed by atoms with Crippen molar-refractivity contribution in [2.24, 2.45) is 0 Å². The number of rotatable bonds is 6. The maximum absolute atomic E-state index is 11.5. The van der Waals surface area contributed by atoms with E-state index in [4.69, 9.17) is 5.11 Å². The number of carboxylic acid groups (broad SMARTS) is 2. The molecule has 2 aromatic carbocycles. The topological polar surface area (TPSA) is 74.6 Å². The number of hydrogen-bond donors (Lipinski definition) is 2. The molecule has 0 amide bonds. The van der Waals surface area contributed by atoms with E-state index in [1.54, 1.807) is 6.07 Å². The van der Waals surface area contributed by atoms with Crippen LogP contribution in [-0.2, 0) is 18.2 Å². The maximum atomic E-state index is 11.5. The third-order valence-corrected chi connectivity index (χ3v) is 4.41. The van der Waals surface area contributed by atoms with E-state index in [9.17, 15) is 14.7 Å². The highest BCUT2D eigenvalue weighted by molar-refractivity contribution is 9.08. The Bertz CT molecular complexity index is 753. The third-order valence-electron chi connectivity index (χ3n) is 3.85. The number of carbonyl (C=O) groups is 2. The number of aryl methyl sites for hydroxylation is 1. The van der Waals surface area contributed by atoms with Gasteiger partial charge in [-0.2, -0.15) is 0 Å². The van der Waals surface area contributed by atoms with Crippen molar-refractivity contribution < 1.29 is 19.8 Å². The molecular weight excluding hydrogens is 360 g/mol. The third kappa shape index (κ3) is 3.79. The first-order valence-corrected chi connectivity index (χ1v) is 8.35. The fraction of sp³-hybridized carbons (Fsp3) is 0.222. The van der Waals surface area contributed by atoms with Crippen molar-refractivity contribution in [2.45, 2.75) is 25.1 Å². The summed E-state index contributed by atoms with van der Waals surface area (Å²) < 4.78 is 0. The molecule has 5 heteroatoms. The Hall–Kier alpha value is -2.14. The van der Waals surface area contributed by atoms with Crippen LogP contribution in [0.5, 0.6) is 0 Å². The summed E-state index contributed by atoms with van der Waals surface area (Å²) in [6.07, 6.45) is 1.36. The summed E-state index contributed by atoms with van der Waals surface area (Å²) >= 11 is 3.50. The second kappa shape index (κ2) is 7.42. The molecule has 23 heavy (non-hydrogen) atoms. The molecule has 2 aromatic rings. The Kier molecular flexibility index (Phi) is 5.55. The average molecular weight is 377 g/mol. The number of aromatic carboxylic acids is 2. The molecule has 0 saturated heterocycles. The lowest BCUT2D eigenvalue weighted by Crippen LogP contribution is -2.08. The second-order valence-corrected chi connectivity index (χ2v) is 5.76. The summed E-state index contributed by atoms with van der Waals surface area (Å²) in [6, 6.07) is 10.3. The van der Waals surface area contributed by atoms with Crippen LogP contribution in [0.4, 0.5) is 0 Å². The minimum absolute atomic E-state index is 0.0193. The molecule has 0 aromatic heterocycles. The molecule has 0 radical (unpaired) electrons. The van der Waals surface area contributed by atoms with E-state index < -0.39 is 11.9 Å². The average Bonchev–Trinajstić information content (AvgIpc) is 2.54. The summed E-state index contributed by atoms with van der Waals surface area (Å²) in [7, 11) is 0. The van der Waals surface area contributed by atoms with Crippen LogP contribution in [0.2, 0.25) is 0 Å². The molecule has 0 bridgehead atoms. The van der Waals surface area contributed by atoms with Gasteiger partial charge in [-0.3, -0.25) is 0 Å². The van der Waals surface area contributed by atoms with Crippen molar-refractivity contribution in [3.8, 4) is 0 Å². The summed E-state index contributed by atoms with van der Waals surface area (Å²) in [6.45, 7) is 2.08. The zero-order valence-electron chi connectivity index (χ0n) is 12.7. The zero-order chi connectivity index (χ0) is 17.0. The van der Waals surface area contributed by atoms with Crippen LogP contribution >= 0.6 is 15.9 Å². The van der Waals surface area contributed by atoms with Crippen LogP contribution in [0.3, 0.4) is 0 Å². The van der Waals surface area contributed by atoms with Gasteiger partial charge in [0.15, 0.2) is 0 Å². The summed E-state index contributed by atoms with van der Waals surface area (Å²) in [5.74, 6) is -2.25. The first kappa shape index (κ1) is 17.2. The Balaban J connectivity index is 2.48. The van der Waals surface area contributed by atoms with Gasteiger partial charge in [-0.15, -0.1) is 0 Å². The maximum Gasteiger partial charge on any atom is 0.336 e. The van der Waals surface area contributed by atoms with E-state index in [0.717, 1.165) is 17.5 Å². The molecule has 120 valence electrons. The lowest BCUT2D eigenvalue weighted by molar-refractivity contribution is 0.0695. The lowest BCUT2D eigenvalue weighted by Gasteiger charge is -2.13. The van der Waals surface area contributed by atoms with Gasteiger partial charge in [0.1, 0.15) is 0 Å². The molecular formula is C18H17BrO4. The van der Waals surface area contributed by atoms with Gasteiger partial charge < -0.3 is 10.2 Å². The fourth-order valence-electron chi connectivity index (χ4n) is 2.62. The van der Waals surface area contributed by atoms with E-state index in [1.165, 1.54) is 17.7 Å². The van der Waals surface area contributed by atoms with Gasteiger partial charge in [-0.05, 0) is 47.2 Å². The number of carboxylic acids is 2. The van der Waals surface area contributed by atoms with Crippen LogP contribution in [0, 0.1) is 0 Å². The van der Waals surface area contributed by atoms with Gasteiger partial charge in [-0.25, -0.2) is 9.59 Å². The summed E-state index contributed by atoms with van der Waals surface area (Å²) in [5.41, 5.74) is 4.05. The predicted octanol–water partition coefficient (Wildman–Crippen LogP) is 4.13. The van der Waals surface area contributed by atoms with E-state index >= 15 is 0 Å². The van der Waals surface area contributed by atoms with E-state index in [2.05, 4.69) is 28.9 Å². The van der Waals surface area contributed by atoms with Crippen LogP contribution in [0.15, 0.2) is 36.4 Å². The first-order chi connectivity index (χ1) is 11.0. The van der Waals surface area contributed by atoms with Crippen LogP contribution < -0.4 is 0 Å². The molecule has 0 heterocycles. The van der Waals surface area contributed by atoms with Crippen molar-refractivity contribution in [3.63, 3.8) is 0 Å². The van der Waals surface area contributed by atoms with E-state index in [-0.39, 0.29) is 11.1 Å². The number of halogens is 1. The van der Waals surface area contributed by atoms with Gasteiger partial charge in [0.25, 0.3) is 0 Å². The molecule has 0 saturated carbocycles. The van der Waals surface area contributed by atoms with Crippen LogP contribution in [0.25, 0.3) is 0 Å². The summed E-state index contributed by atoms with van der Waals surface area (Å²) in [4.78, 5) is 22.5. The smallest absolute Gasteiger partial charge is 0.336 e. The molecule has 0 aliphatic heterocycles. The molecule has 2 N–H and O–H groups in total. The van der Waals surface area contributed by atoms with Gasteiger partial charge in [-0.1, -0.05) is 47.1 Å². The standard InChI is InChI=1S/C18H17BrO4/c1-2-11-4-3-5-12(16(11)10-19)8-13-6-7-14(17(20)21)9-15(13)18(22)23/h3-7,9H,2,8,10H2,1H3,(H,20,21)(H,22,23). The minimum atomic E-state index is -1.13. The zero-order valence-corrected chi connectivity index (χ0v) is 14.3. The second-order valence-electron chi connectivity index (χ2n) is 5.20. The van der Waals surface area contributed by atoms with Gasteiger partial charge in [0.05, 0.1) is 11.1 Å². The molecule has 0 fully saturated rings. The minimum Gasteiger partial charge on any atom is -0.478 e. The van der Waals surface area contributed by atoms with Crippen molar-refractivity contribution >= 4 is 27.9 Å². The molecule has 4 nitrogen and oxygen atoms in total. The Morgan fingerprint density at radius 1 is 1.00 bits per heavy atom. The number of benzene rings is 2. The predicted molar refractivity (Wildman–Crippen MR) is 91.6 cm³/mol. The Morgan fingerprint density at radius 3 is 2.26 bits per heavy atom. The molecule has 0 aliphatic rings. The number of alkyl halides is 1. The van der Waals surface area contributed by atoms with Crippen LogP contribution in [0.1, 0.15) is 49.9 Å².